The van der Waals surface area contributed by atoms with E-state index in [4.69, 9.17) is 5.73 Å². The van der Waals surface area contributed by atoms with Crippen molar-refractivity contribution >= 4 is 0 Å². The first-order chi connectivity index (χ1) is 8.31. The molecule has 0 unspecified atom stereocenters. The van der Waals surface area contributed by atoms with E-state index in [0.29, 0.717) is 0 Å². The Kier molecular flexibility index (Phi) is 4.57. The Bertz CT molecular complexity index is 328. The van der Waals surface area contributed by atoms with Crippen LogP contribution in [0.1, 0.15) is 31.5 Å². The van der Waals surface area contributed by atoms with Gasteiger partial charge >= 0.3 is 0 Å². The van der Waals surface area contributed by atoms with E-state index >= 15 is 0 Å². The largest absolute Gasteiger partial charge is 0.338 e. The molecule has 1 aliphatic rings. The summed E-state index contributed by atoms with van der Waals surface area (Å²) in [5, 5.41) is 0. The summed E-state index contributed by atoms with van der Waals surface area (Å²) in [6, 6.07) is 0.763. The van der Waals surface area contributed by atoms with Gasteiger partial charge in [0.2, 0.25) is 0 Å². The summed E-state index contributed by atoms with van der Waals surface area (Å²) in [4.78, 5) is 6.94. The molecule has 1 heterocycles. The molecule has 0 spiro atoms. The lowest BCUT2D eigenvalue weighted by Crippen LogP contribution is -2.38. The number of nitrogens with two attached hydrogens (primary N) is 1. The van der Waals surface area contributed by atoms with Crippen LogP contribution in [0.25, 0.3) is 0 Å². The van der Waals surface area contributed by atoms with Crippen molar-refractivity contribution in [1.82, 2.24) is 14.5 Å². The molecule has 2 N–H and O–H groups in total. The summed E-state index contributed by atoms with van der Waals surface area (Å²) in [7, 11) is 2.06. The summed E-state index contributed by atoms with van der Waals surface area (Å²) in [5.74, 6) is 1.17. The quantitative estimate of drug-likeness (QED) is 0.806. The molecular formula is C13H24N4. The molecule has 17 heavy (non-hydrogen) atoms. The van der Waals surface area contributed by atoms with Crippen molar-refractivity contribution in [3.63, 3.8) is 0 Å². The van der Waals surface area contributed by atoms with E-state index in [1.807, 2.05) is 12.4 Å². The zero-order valence-electron chi connectivity index (χ0n) is 10.8. The van der Waals surface area contributed by atoms with Gasteiger partial charge in [-0.25, -0.2) is 4.98 Å². The van der Waals surface area contributed by atoms with Crippen molar-refractivity contribution in [2.45, 2.75) is 38.1 Å². The van der Waals surface area contributed by atoms with Gasteiger partial charge in [-0.3, -0.25) is 4.90 Å². The minimum atomic E-state index is 0.761. The van der Waals surface area contributed by atoms with Gasteiger partial charge in [-0.05, 0) is 12.8 Å². The van der Waals surface area contributed by atoms with Gasteiger partial charge in [0, 0.05) is 51.5 Å². The Hall–Kier alpha value is -0.870. The zero-order valence-corrected chi connectivity index (χ0v) is 10.8. The monoisotopic (exact) mass is 236 g/mol. The molecule has 0 radical (unpaired) electrons. The number of imidazole rings is 1. The fraction of sp³-hybridized carbons (Fsp3) is 0.769. The van der Waals surface area contributed by atoms with Crippen molar-refractivity contribution in [3.05, 3.63) is 18.2 Å². The van der Waals surface area contributed by atoms with Gasteiger partial charge in [0.05, 0.1) is 0 Å². The molecule has 4 heteroatoms. The number of rotatable bonds is 6. The number of hydrogen-bond donors (Lipinski definition) is 1. The average molecular weight is 236 g/mol. The maximum atomic E-state index is 5.71. The van der Waals surface area contributed by atoms with Crippen molar-refractivity contribution in [1.29, 1.82) is 0 Å². The minimum Gasteiger partial charge on any atom is -0.338 e. The van der Waals surface area contributed by atoms with Crippen molar-refractivity contribution < 1.29 is 0 Å². The Morgan fingerprint density at radius 1 is 1.41 bits per heavy atom. The topological polar surface area (TPSA) is 47.1 Å². The highest BCUT2D eigenvalue weighted by atomic mass is 15.2. The third kappa shape index (κ3) is 3.30. The molecule has 0 atom stereocenters. The summed E-state index contributed by atoms with van der Waals surface area (Å²) in [5.41, 5.74) is 5.71. The third-order valence-corrected chi connectivity index (χ3v) is 3.80. The van der Waals surface area contributed by atoms with Crippen LogP contribution in [0.5, 0.6) is 0 Å². The first-order valence-electron chi connectivity index (χ1n) is 6.71. The fourth-order valence-corrected chi connectivity index (χ4v) is 2.79. The smallest absolute Gasteiger partial charge is 0.109 e. The molecule has 1 aromatic rings. The van der Waals surface area contributed by atoms with E-state index in [9.17, 15) is 0 Å². The van der Waals surface area contributed by atoms with Crippen LogP contribution >= 0.6 is 0 Å². The number of aromatic nitrogens is 2. The lowest BCUT2D eigenvalue weighted by atomic mass is 10.2. The molecule has 0 amide bonds. The molecule has 0 bridgehead atoms. The number of hydrogen-bond acceptors (Lipinski definition) is 3. The van der Waals surface area contributed by atoms with Crippen molar-refractivity contribution in [2.24, 2.45) is 12.8 Å². The maximum Gasteiger partial charge on any atom is 0.109 e. The van der Waals surface area contributed by atoms with E-state index in [1.165, 1.54) is 31.5 Å². The van der Waals surface area contributed by atoms with E-state index < -0.39 is 0 Å². The summed E-state index contributed by atoms with van der Waals surface area (Å²) in [6.07, 6.45) is 10.4. The predicted octanol–water partition coefficient (Wildman–Crippen LogP) is 1.17. The van der Waals surface area contributed by atoms with E-state index in [2.05, 4.69) is 21.5 Å². The van der Waals surface area contributed by atoms with Gasteiger partial charge in [0.15, 0.2) is 0 Å². The fourth-order valence-electron chi connectivity index (χ4n) is 2.79. The average Bonchev–Trinajstić information content (AvgIpc) is 2.96. The Balaban J connectivity index is 1.86. The second-order valence-electron chi connectivity index (χ2n) is 4.97. The van der Waals surface area contributed by atoms with E-state index in [1.54, 1.807) is 0 Å². The van der Waals surface area contributed by atoms with Crippen molar-refractivity contribution in [2.75, 3.05) is 19.6 Å². The molecule has 4 nitrogen and oxygen atoms in total. The van der Waals surface area contributed by atoms with Crippen molar-refractivity contribution in [3.8, 4) is 0 Å². The minimum absolute atomic E-state index is 0.761. The van der Waals surface area contributed by atoms with Crippen LogP contribution in [0, 0.1) is 0 Å². The van der Waals surface area contributed by atoms with Crippen LogP contribution in [-0.2, 0) is 13.5 Å². The standard InChI is InChI=1S/C13H24N4/c1-16-11-8-15-13(16)6-9-17(10-7-14)12-4-2-3-5-12/h8,11-12H,2-7,9-10,14H2,1H3. The summed E-state index contributed by atoms with van der Waals surface area (Å²) in [6.45, 7) is 2.87. The summed E-state index contributed by atoms with van der Waals surface area (Å²) >= 11 is 0. The summed E-state index contributed by atoms with van der Waals surface area (Å²) < 4.78 is 2.11. The second kappa shape index (κ2) is 6.17. The molecule has 0 aliphatic heterocycles. The predicted molar refractivity (Wildman–Crippen MR) is 69.8 cm³/mol. The van der Waals surface area contributed by atoms with E-state index in [-0.39, 0.29) is 0 Å². The molecule has 96 valence electrons. The van der Waals surface area contributed by atoms with Gasteiger partial charge in [-0.2, -0.15) is 0 Å². The molecule has 2 rings (SSSR count). The van der Waals surface area contributed by atoms with Crippen LogP contribution in [0.2, 0.25) is 0 Å². The highest BCUT2D eigenvalue weighted by Gasteiger charge is 2.21. The maximum absolute atomic E-state index is 5.71. The van der Waals surface area contributed by atoms with Gasteiger partial charge in [-0.1, -0.05) is 12.8 Å². The zero-order chi connectivity index (χ0) is 12.1. The van der Waals surface area contributed by atoms with Crippen LogP contribution in [-0.4, -0.2) is 40.1 Å². The van der Waals surface area contributed by atoms with Crippen LogP contribution in [0.15, 0.2) is 12.4 Å². The number of nitrogens with zero attached hydrogens (tertiary/aromatic N) is 3. The first-order valence-corrected chi connectivity index (χ1v) is 6.71. The molecule has 0 saturated heterocycles. The second-order valence-corrected chi connectivity index (χ2v) is 4.97. The highest BCUT2D eigenvalue weighted by molar-refractivity contribution is 4.92. The molecule has 1 saturated carbocycles. The van der Waals surface area contributed by atoms with E-state index in [0.717, 1.165) is 32.1 Å². The molecule has 1 aromatic heterocycles. The van der Waals surface area contributed by atoms with Gasteiger partial charge in [-0.15, -0.1) is 0 Å². The Labute approximate surface area is 104 Å². The third-order valence-electron chi connectivity index (χ3n) is 3.80. The Morgan fingerprint density at radius 3 is 2.76 bits per heavy atom. The molecule has 0 aromatic carbocycles. The SMILES string of the molecule is Cn1ccnc1CCN(CCN)C1CCCC1. The Morgan fingerprint density at radius 2 is 2.18 bits per heavy atom. The molecule has 1 fully saturated rings. The van der Waals surface area contributed by atoms with Crippen LogP contribution in [0.4, 0.5) is 0 Å². The lowest BCUT2D eigenvalue weighted by molar-refractivity contribution is 0.205. The van der Waals surface area contributed by atoms with Gasteiger partial charge in [0.1, 0.15) is 5.82 Å². The lowest BCUT2D eigenvalue weighted by Gasteiger charge is -2.28. The molecule has 1 aliphatic carbocycles. The first kappa shape index (κ1) is 12.6. The van der Waals surface area contributed by atoms with Crippen LogP contribution < -0.4 is 5.73 Å². The van der Waals surface area contributed by atoms with Gasteiger partial charge < -0.3 is 10.3 Å². The highest BCUT2D eigenvalue weighted by Crippen LogP contribution is 2.23. The molecular weight excluding hydrogens is 212 g/mol. The van der Waals surface area contributed by atoms with Crippen LogP contribution in [0.3, 0.4) is 0 Å². The van der Waals surface area contributed by atoms with Gasteiger partial charge in [0.25, 0.3) is 0 Å². The number of aryl methyl sites for hydroxylation is 1. The normalized spacial score (nSPS) is 17.1.